The Balaban J connectivity index is 1.80. The van der Waals surface area contributed by atoms with Crippen LogP contribution in [0.25, 0.3) is 0 Å². The SMILES string of the molecule is CCOc1cc(/C=N\n2c(C)nnc2SCn2nc(C)c([N+](=O)[O-])c2C)ccc1OC(F)F. The number of aryl methyl sites for hydroxylation is 2. The van der Waals surface area contributed by atoms with Gasteiger partial charge in [0.25, 0.3) is 0 Å². The quantitative estimate of drug-likeness (QED) is 0.185. The summed E-state index contributed by atoms with van der Waals surface area (Å²) in [5.41, 5.74) is 1.33. The molecule has 33 heavy (non-hydrogen) atoms. The van der Waals surface area contributed by atoms with Gasteiger partial charge in [-0.25, -0.2) is 0 Å². The van der Waals surface area contributed by atoms with E-state index < -0.39 is 11.5 Å². The van der Waals surface area contributed by atoms with E-state index in [1.54, 1.807) is 33.8 Å². The molecule has 176 valence electrons. The van der Waals surface area contributed by atoms with Crippen molar-refractivity contribution in [3.8, 4) is 11.5 Å². The molecule has 0 aliphatic rings. The lowest BCUT2D eigenvalue weighted by molar-refractivity contribution is -0.386. The van der Waals surface area contributed by atoms with Crippen LogP contribution < -0.4 is 9.47 Å². The van der Waals surface area contributed by atoms with Crippen LogP contribution in [0.5, 0.6) is 11.5 Å². The molecule has 1 aromatic carbocycles. The Labute approximate surface area is 191 Å². The maximum absolute atomic E-state index is 12.6. The molecule has 2 heterocycles. The average molecular weight is 481 g/mol. The zero-order valence-corrected chi connectivity index (χ0v) is 19.0. The van der Waals surface area contributed by atoms with Crippen LogP contribution in [0, 0.1) is 30.9 Å². The van der Waals surface area contributed by atoms with Crippen LogP contribution in [0.3, 0.4) is 0 Å². The zero-order chi connectivity index (χ0) is 24.1. The van der Waals surface area contributed by atoms with E-state index in [-0.39, 0.29) is 29.7 Å². The van der Waals surface area contributed by atoms with E-state index in [4.69, 9.17) is 4.74 Å². The third kappa shape index (κ3) is 5.63. The number of halogens is 2. The van der Waals surface area contributed by atoms with E-state index in [2.05, 4.69) is 25.1 Å². The van der Waals surface area contributed by atoms with Gasteiger partial charge in [0.15, 0.2) is 17.3 Å². The van der Waals surface area contributed by atoms with Crippen molar-refractivity contribution >= 4 is 23.7 Å². The first-order valence-corrected chi connectivity index (χ1v) is 10.7. The highest BCUT2D eigenvalue weighted by atomic mass is 32.2. The second-order valence-electron chi connectivity index (χ2n) is 6.65. The molecule has 14 heteroatoms. The van der Waals surface area contributed by atoms with Gasteiger partial charge in [-0.15, -0.1) is 10.2 Å². The van der Waals surface area contributed by atoms with Gasteiger partial charge in [-0.1, -0.05) is 11.8 Å². The molecule has 3 aromatic rings. The molecule has 0 fully saturated rings. The average Bonchev–Trinajstić information content (AvgIpc) is 3.24. The van der Waals surface area contributed by atoms with Crippen LogP contribution >= 0.6 is 11.8 Å². The molecule has 0 unspecified atom stereocenters. The third-order valence-corrected chi connectivity index (χ3v) is 5.30. The van der Waals surface area contributed by atoms with Crippen molar-refractivity contribution in [1.29, 1.82) is 0 Å². The zero-order valence-electron chi connectivity index (χ0n) is 18.2. The van der Waals surface area contributed by atoms with Gasteiger partial charge < -0.3 is 9.47 Å². The summed E-state index contributed by atoms with van der Waals surface area (Å²) in [6.45, 7) is 3.96. The van der Waals surface area contributed by atoms with Crippen molar-refractivity contribution in [1.82, 2.24) is 24.7 Å². The van der Waals surface area contributed by atoms with E-state index in [1.807, 2.05) is 0 Å². The predicted octanol–water partition coefficient (Wildman–Crippen LogP) is 3.94. The van der Waals surface area contributed by atoms with Gasteiger partial charge in [-0.05, 0) is 51.5 Å². The summed E-state index contributed by atoms with van der Waals surface area (Å²) in [4.78, 5) is 10.7. The lowest BCUT2D eigenvalue weighted by Gasteiger charge is -2.11. The van der Waals surface area contributed by atoms with Crippen LogP contribution in [0.2, 0.25) is 0 Å². The number of alkyl halides is 2. The molecule has 0 spiro atoms. The fraction of sp³-hybridized carbons (Fsp3) is 0.368. The van der Waals surface area contributed by atoms with Crippen molar-refractivity contribution < 1.29 is 23.2 Å². The summed E-state index contributed by atoms with van der Waals surface area (Å²) < 4.78 is 38.0. The van der Waals surface area contributed by atoms with E-state index in [0.29, 0.717) is 27.9 Å². The van der Waals surface area contributed by atoms with Crippen LogP contribution in [-0.2, 0) is 5.88 Å². The monoisotopic (exact) mass is 481 g/mol. The Morgan fingerprint density at radius 1 is 1.27 bits per heavy atom. The molecular weight excluding hydrogens is 460 g/mol. The van der Waals surface area contributed by atoms with Gasteiger partial charge in [0, 0.05) is 0 Å². The first-order valence-electron chi connectivity index (χ1n) is 9.70. The molecule has 0 bridgehead atoms. The number of aromatic nitrogens is 5. The summed E-state index contributed by atoms with van der Waals surface area (Å²) in [7, 11) is 0. The molecule has 0 radical (unpaired) electrons. The van der Waals surface area contributed by atoms with Crippen molar-refractivity contribution in [2.45, 2.75) is 45.3 Å². The molecule has 0 amide bonds. The third-order valence-electron chi connectivity index (χ3n) is 4.42. The molecule has 0 saturated heterocycles. The maximum Gasteiger partial charge on any atom is 0.387 e. The molecule has 0 aliphatic carbocycles. The van der Waals surface area contributed by atoms with E-state index in [9.17, 15) is 18.9 Å². The molecule has 0 atom stereocenters. The van der Waals surface area contributed by atoms with E-state index in [1.165, 1.54) is 39.5 Å². The number of thioether (sulfide) groups is 1. The number of ether oxygens (including phenoxy) is 2. The van der Waals surface area contributed by atoms with E-state index in [0.717, 1.165) is 0 Å². The standard InChI is InChI=1S/C19H21F2N7O4S/c1-5-31-16-8-14(6-7-15(16)32-18(20)21)9-22-27-13(4)23-24-19(27)33-10-26-12(3)17(28(29)30)11(2)25-26/h6-9,18H,5,10H2,1-4H3/b22-9-. The fourth-order valence-corrected chi connectivity index (χ4v) is 3.84. The van der Waals surface area contributed by atoms with Crippen molar-refractivity contribution in [2.24, 2.45) is 5.10 Å². The summed E-state index contributed by atoms with van der Waals surface area (Å²) in [6, 6.07) is 4.47. The number of rotatable bonds is 10. The number of nitro groups is 1. The molecular formula is C19H21F2N7O4S. The van der Waals surface area contributed by atoms with Crippen LogP contribution in [0.1, 0.15) is 29.7 Å². The van der Waals surface area contributed by atoms with Gasteiger partial charge in [-0.2, -0.15) is 23.7 Å². The largest absolute Gasteiger partial charge is 0.490 e. The second kappa shape index (κ2) is 10.4. The lowest BCUT2D eigenvalue weighted by Crippen LogP contribution is -2.05. The van der Waals surface area contributed by atoms with Crippen LogP contribution in [-0.4, -0.2) is 49.0 Å². The molecule has 0 aliphatic heterocycles. The van der Waals surface area contributed by atoms with Gasteiger partial charge in [0.2, 0.25) is 5.16 Å². The summed E-state index contributed by atoms with van der Waals surface area (Å²) in [6.07, 6.45) is 1.50. The van der Waals surface area contributed by atoms with Gasteiger partial charge in [0.1, 0.15) is 11.4 Å². The molecule has 0 saturated carbocycles. The van der Waals surface area contributed by atoms with Crippen LogP contribution in [0.15, 0.2) is 28.5 Å². The Hall–Kier alpha value is -3.55. The highest BCUT2D eigenvalue weighted by Gasteiger charge is 2.22. The van der Waals surface area contributed by atoms with Gasteiger partial charge in [-0.3, -0.25) is 14.8 Å². The fourth-order valence-electron chi connectivity index (χ4n) is 2.95. The Bertz CT molecular complexity index is 1180. The van der Waals surface area contributed by atoms with Gasteiger partial charge >= 0.3 is 12.3 Å². The van der Waals surface area contributed by atoms with Crippen molar-refractivity contribution in [2.75, 3.05) is 6.61 Å². The highest BCUT2D eigenvalue weighted by Crippen LogP contribution is 2.30. The molecule has 3 rings (SSSR count). The minimum Gasteiger partial charge on any atom is -0.490 e. The summed E-state index contributed by atoms with van der Waals surface area (Å²) >= 11 is 1.25. The van der Waals surface area contributed by atoms with E-state index >= 15 is 0 Å². The highest BCUT2D eigenvalue weighted by molar-refractivity contribution is 7.98. The molecule has 0 N–H and O–H groups in total. The van der Waals surface area contributed by atoms with Gasteiger partial charge in [0.05, 0.1) is 23.6 Å². The Morgan fingerprint density at radius 2 is 2.03 bits per heavy atom. The normalized spacial score (nSPS) is 11.5. The number of hydrogen-bond donors (Lipinski definition) is 0. The van der Waals surface area contributed by atoms with Crippen LogP contribution in [0.4, 0.5) is 14.5 Å². The first kappa shape index (κ1) is 24.1. The summed E-state index contributed by atoms with van der Waals surface area (Å²) in [5, 5.41) is 28.3. The topological polar surface area (TPSA) is 122 Å². The smallest absolute Gasteiger partial charge is 0.387 e. The summed E-state index contributed by atoms with van der Waals surface area (Å²) in [5.74, 6) is 0.876. The van der Waals surface area contributed by atoms with Crippen molar-refractivity contribution in [3.63, 3.8) is 0 Å². The Kier molecular flexibility index (Phi) is 7.58. The minimum absolute atomic E-state index is 0.0179. The maximum atomic E-state index is 12.6. The number of hydrogen-bond acceptors (Lipinski definition) is 9. The first-order chi connectivity index (χ1) is 15.7. The lowest BCUT2D eigenvalue weighted by atomic mass is 10.2. The number of benzene rings is 1. The predicted molar refractivity (Wildman–Crippen MR) is 116 cm³/mol. The molecule has 11 nitrogen and oxygen atoms in total. The number of nitrogens with zero attached hydrogens (tertiary/aromatic N) is 7. The second-order valence-corrected chi connectivity index (χ2v) is 7.57. The Morgan fingerprint density at radius 3 is 2.67 bits per heavy atom. The minimum atomic E-state index is -2.97. The molecule has 2 aromatic heterocycles. The van der Waals surface area contributed by atoms with Crippen molar-refractivity contribution in [3.05, 3.63) is 51.1 Å².